The van der Waals surface area contributed by atoms with Crippen LogP contribution in [0.2, 0.25) is 0 Å². The van der Waals surface area contributed by atoms with Crippen molar-refractivity contribution in [3.05, 3.63) is 52.6 Å². The summed E-state index contributed by atoms with van der Waals surface area (Å²) < 4.78 is 0.511. The number of carbonyl (C=O) groups is 1. The van der Waals surface area contributed by atoms with Crippen molar-refractivity contribution >= 4 is 18.2 Å². The molecule has 1 aromatic carbocycles. The van der Waals surface area contributed by atoms with Gasteiger partial charge in [-0.1, -0.05) is 30.3 Å². The lowest BCUT2D eigenvalue weighted by Crippen LogP contribution is -2.14. The van der Waals surface area contributed by atoms with E-state index < -0.39 is 11.9 Å². The van der Waals surface area contributed by atoms with Crippen LogP contribution < -0.4 is 0 Å². The molecule has 0 saturated heterocycles. The summed E-state index contributed by atoms with van der Waals surface area (Å²) in [6.07, 6.45) is 2.10. The molecule has 1 atom stereocenters. The number of benzene rings is 1. The smallest absolute Gasteiger partial charge is 0.311 e. The van der Waals surface area contributed by atoms with Gasteiger partial charge in [-0.05, 0) is 17.8 Å². The summed E-state index contributed by atoms with van der Waals surface area (Å²) >= 11 is 4.91. The maximum Gasteiger partial charge on any atom is 0.311 e. The minimum Gasteiger partial charge on any atom is -0.481 e. The molecule has 0 aliphatic rings. The Morgan fingerprint density at radius 3 is 2.59 bits per heavy atom. The van der Waals surface area contributed by atoms with Gasteiger partial charge < -0.3 is 15.1 Å². The lowest BCUT2D eigenvalue weighted by atomic mass is 9.95. The summed E-state index contributed by atoms with van der Waals surface area (Å²) in [7, 11) is 0. The second-order valence-corrected chi connectivity index (χ2v) is 4.18. The maximum absolute atomic E-state index is 11.3. The van der Waals surface area contributed by atoms with E-state index in [1.807, 2.05) is 30.3 Å². The van der Waals surface area contributed by atoms with Crippen LogP contribution in [0.25, 0.3) is 0 Å². The topological polar surface area (TPSA) is 68.9 Å². The molecule has 2 aromatic rings. The highest BCUT2D eigenvalue weighted by Crippen LogP contribution is 2.20. The number of H-pyrrole nitrogens is 2. The quantitative estimate of drug-likeness (QED) is 0.728. The molecule has 1 unspecified atom stereocenters. The van der Waals surface area contributed by atoms with Crippen molar-refractivity contribution in [1.29, 1.82) is 0 Å². The third-order valence-electron chi connectivity index (χ3n) is 2.58. The average Bonchev–Trinajstić information content (AvgIpc) is 2.73. The highest BCUT2D eigenvalue weighted by atomic mass is 32.1. The second-order valence-electron chi connectivity index (χ2n) is 3.77. The normalized spacial score (nSPS) is 12.2. The predicted molar refractivity (Wildman–Crippen MR) is 66.5 cm³/mol. The number of aromatic nitrogens is 2. The molecular formula is C12H12N2O2S. The van der Waals surface area contributed by atoms with Gasteiger partial charge in [0.15, 0.2) is 4.77 Å². The summed E-state index contributed by atoms with van der Waals surface area (Å²) in [5, 5.41) is 9.24. The molecule has 0 bridgehead atoms. The first-order valence-electron chi connectivity index (χ1n) is 5.21. The van der Waals surface area contributed by atoms with Crippen molar-refractivity contribution in [1.82, 2.24) is 9.97 Å². The number of carboxylic acid groups (broad SMARTS) is 1. The number of nitrogens with one attached hydrogen (secondary N) is 2. The zero-order valence-corrected chi connectivity index (χ0v) is 9.83. The Balaban J connectivity index is 2.25. The van der Waals surface area contributed by atoms with Gasteiger partial charge in [0.2, 0.25) is 0 Å². The summed E-state index contributed by atoms with van der Waals surface area (Å²) in [5.74, 6) is -1.39. The van der Waals surface area contributed by atoms with E-state index in [4.69, 9.17) is 12.2 Å². The van der Waals surface area contributed by atoms with Gasteiger partial charge in [0.05, 0.1) is 5.92 Å². The Hall–Kier alpha value is -1.88. The minimum absolute atomic E-state index is 0.395. The van der Waals surface area contributed by atoms with Gasteiger partial charge in [-0.2, -0.15) is 0 Å². The molecule has 5 heteroatoms. The summed E-state index contributed by atoms with van der Waals surface area (Å²) in [5.41, 5.74) is 1.59. The van der Waals surface area contributed by atoms with Crippen molar-refractivity contribution in [2.24, 2.45) is 0 Å². The fraction of sp³-hybridized carbons (Fsp3) is 0.167. The number of hydrogen-bond donors (Lipinski definition) is 3. The van der Waals surface area contributed by atoms with Crippen LogP contribution in [0.1, 0.15) is 17.2 Å². The van der Waals surface area contributed by atoms with Gasteiger partial charge in [-0.25, -0.2) is 0 Å². The van der Waals surface area contributed by atoms with E-state index in [1.165, 1.54) is 0 Å². The van der Waals surface area contributed by atoms with Crippen molar-refractivity contribution in [3.63, 3.8) is 0 Å². The van der Waals surface area contributed by atoms with Crippen LogP contribution in [0.4, 0.5) is 0 Å². The lowest BCUT2D eigenvalue weighted by Gasteiger charge is -2.11. The Labute approximate surface area is 103 Å². The maximum atomic E-state index is 11.3. The Bertz CT molecular complexity index is 559. The predicted octanol–water partition coefficient (Wildman–Crippen LogP) is 2.48. The SMILES string of the molecule is O=C(O)C(Cc1c[nH]c(=S)[nH]1)c1ccccc1. The molecule has 0 spiro atoms. The van der Waals surface area contributed by atoms with E-state index in [0.717, 1.165) is 11.3 Å². The van der Waals surface area contributed by atoms with Crippen molar-refractivity contribution in [3.8, 4) is 0 Å². The molecular weight excluding hydrogens is 236 g/mol. The molecule has 0 amide bonds. The molecule has 17 heavy (non-hydrogen) atoms. The number of aromatic amines is 2. The van der Waals surface area contributed by atoms with Crippen LogP contribution in [-0.2, 0) is 11.2 Å². The van der Waals surface area contributed by atoms with Gasteiger partial charge in [0.25, 0.3) is 0 Å². The van der Waals surface area contributed by atoms with Crippen LogP contribution in [0.3, 0.4) is 0 Å². The number of carboxylic acids is 1. The molecule has 0 aliphatic heterocycles. The number of aliphatic carboxylic acids is 1. The minimum atomic E-state index is -0.836. The van der Waals surface area contributed by atoms with E-state index in [0.29, 0.717) is 11.2 Å². The zero-order chi connectivity index (χ0) is 12.3. The van der Waals surface area contributed by atoms with Gasteiger partial charge >= 0.3 is 5.97 Å². The summed E-state index contributed by atoms with van der Waals surface area (Å²) in [4.78, 5) is 17.0. The van der Waals surface area contributed by atoms with E-state index >= 15 is 0 Å². The molecule has 0 radical (unpaired) electrons. The molecule has 1 aromatic heterocycles. The van der Waals surface area contributed by atoms with Crippen LogP contribution in [0.5, 0.6) is 0 Å². The highest BCUT2D eigenvalue weighted by molar-refractivity contribution is 7.71. The summed E-state index contributed by atoms with van der Waals surface area (Å²) in [6, 6.07) is 9.18. The van der Waals surface area contributed by atoms with Crippen molar-refractivity contribution < 1.29 is 9.90 Å². The Kier molecular flexibility index (Phi) is 3.39. The van der Waals surface area contributed by atoms with Crippen LogP contribution in [0, 0.1) is 4.77 Å². The van der Waals surface area contributed by atoms with E-state index in [2.05, 4.69) is 9.97 Å². The van der Waals surface area contributed by atoms with Gasteiger partial charge in [0, 0.05) is 18.3 Å². The molecule has 0 saturated carbocycles. The fourth-order valence-corrected chi connectivity index (χ4v) is 1.92. The monoisotopic (exact) mass is 248 g/mol. The molecule has 1 heterocycles. The largest absolute Gasteiger partial charge is 0.481 e. The lowest BCUT2D eigenvalue weighted by molar-refractivity contribution is -0.138. The molecule has 0 aliphatic carbocycles. The van der Waals surface area contributed by atoms with E-state index in [-0.39, 0.29) is 0 Å². The van der Waals surface area contributed by atoms with E-state index in [9.17, 15) is 9.90 Å². The zero-order valence-electron chi connectivity index (χ0n) is 9.01. The highest BCUT2D eigenvalue weighted by Gasteiger charge is 2.20. The third-order valence-corrected chi connectivity index (χ3v) is 2.80. The average molecular weight is 248 g/mol. The van der Waals surface area contributed by atoms with Crippen LogP contribution in [0.15, 0.2) is 36.5 Å². The fourth-order valence-electron chi connectivity index (χ4n) is 1.73. The van der Waals surface area contributed by atoms with Crippen molar-refractivity contribution in [2.45, 2.75) is 12.3 Å². The molecule has 4 nitrogen and oxygen atoms in total. The van der Waals surface area contributed by atoms with Gasteiger partial charge in [-0.15, -0.1) is 0 Å². The molecule has 88 valence electrons. The summed E-state index contributed by atoms with van der Waals surface area (Å²) in [6.45, 7) is 0. The third kappa shape index (κ3) is 2.82. The van der Waals surface area contributed by atoms with Crippen LogP contribution in [-0.4, -0.2) is 21.0 Å². The first-order chi connectivity index (χ1) is 8.16. The van der Waals surface area contributed by atoms with Crippen molar-refractivity contribution in [2.75, 3.05) is 0 Å². The Morgan fingerprint density at radius 2 is 2.06 bits per heavy atom. The number of hydrogen-bond acceptors (Lipinski definition) is 2. The van der Waals surface area contributed by atoms with Gasteiger partial charge in [0.1, 0.15) is 0 Å². The Morgan fingerprint density at radius 1 is 1.35 bits per heavy atom. The first-order valence-corrected chi connectivity index (χ1v) is 5.62. The molecule has 2 rings (SSSR count). The standard InChI is InChI=1S/C12H12N2O2S/c15-11(16)10(8-4-2-1-3-5-8)6-9-7-13-12(17)14-9/h1-5,7,10H,6H2,(H,15,16)(H2,13,14,17). The second kappa shape index (κ2) is 4.97. The van der Waals surface area contributed by atoms with E-state index in [1.54, 1.807) is 6.20 Å². The van der Waals surface area contributed by atoms with Gasteiger partial charge in [-0.3, -0.25) is 4.79 Å². The van der Waals surface area contributed by atoms with Crippen LogP contribution >= 0.6 is 12.2 Å². The molecule has 3 N–H and O–H groups in total. The molecule has 0 fully saturated rings. The number of rotatable bonds is 4. The first kappa shape index (κ1) is 11.6. The number of imidazole rings is 1.